The average Bonchev–Trinajstić information content (AvgIpc) is 2.27. The number of nitro groups is 1. The minimum Gasteiger partial charge on any atom is -0.258 e. The van der Waals surface area contributed by atoms with Crippen molar-refractivity contribution in [3.63, 3.8) is 0 Å². The first-order valence-corrected chi connectivity index (χ1v) is 6.30. The summed E-state index contributed by atoms with van der Waals surface area (Å²) in [4.78, 5) is 9.96. The van der Waals surface area contributed by atoms with E-state index in [0.717, 1.165) is 5.56 Å². The number of hydrogen-bond acceptors (Lipinski definition) is 4. The molecule has 0 amide bonds. The summed E-state index contributed by atoms with van der Waals surface area (Å²) in [5.41, 5.74) is 0.992. The summed E-state index contributed by atoms with van der Waals surface area (Å²) < 4.78 is 16.1. The highest BCUT2D eigenvalue weighted by Crippen LogP contribution is 2.23. The van der Waals surface area contributed by atoms with Gasteiger partial charge in [0.25, 0.3) is 5.69 Å². The molecule has 0 fully saturated rings. The molecule has 0 radical (unpaired) electrons. The Kier molecular flexibility index (Phi) is 5.02. The van der Waals surface area contributed by atoms with Gasteiger partial charge in [-0.1, -0.05) is 12.1 Å². The molecule has 1 atom stereocenters. The molecule has 0 aliphatic rings. The van der Waals surface area contributed by atoms with Gasteiger partial charge in [0, 0.05) is 18.6 Å². The van der Waals surface area contributed by atoms with Crippen LogP contribution in [-0.2, 0) is 15.5 Å². The van der Waals surface area contributed by atoms with Gasteiger partial charge in [0.1, 0.15) is 0 Å². The zero-order valence-corrected chi connectivity index (χ0v) is 9.85. The van der Waals surface area contributed by atoms with Crippen molar-refractivity contribution in [3.05, 3.63) is 39.9 Å². The van der Waals surface area contributed by atoms with E-state index in [1.807, 2.05) is 0 Å². The number of aryl methyl sites for hydroxylation is 1. The van der Waals surface area contributed by atoms with Crippen molar-refractivity contribution in [2.24, 2.45) is 0 Å². The molecule has 5 nitrogen and oxygen atoms in total. The van der Waals surface area contributed by atoms with E-state index in [1.54, 1.807) is 19.1 Å². The van der Waals surface area contributed by atoms with Crippen LogP contribution in [0.25, 0.3) is 0 Å². The summed E-state index contributed by atoms with van der Waals surface area (Å²) >= 11 is 0. The van der Waals surface area contributed by atoms with Gasteiger partial charge < -0.3 is 0 Å². The molecule has 0 saturated heterocycles. The molecule has 0 aliphatic carbocycles. The van der Waals surface area contributed by atoms with E-state index in [0.29, 0.717) is 19.2 Å². The zero-order valence-electron chi connectivity index (χ0n) is 8.96. The van der Waals surface area contributed by atoms with Crippen LogP contribution < -0.4 is 0 Å². The molecule has 1 unspecified atom stereocenters. The molecule has 1 aromatic carbocycles. The predicted octanol–water partition coefficient (Wildman–Crippen LogP) is 2.92. The van der Waals surface area contributed by atoms with Crippen molar-refractivity contribution in [1.29, 1.82) is 0 Å². The van der Waals surface area contributed by atoms with E-state index in [9.17, 15) is 14.7 Å². The lowest BCUT2D eigenvalue weighted by molar-refractivity contribution is -0.384. The molecule has 86 valence electrons. The smallest absolute Gasteiger partial charge is 0.258 e. The van der Waals surface area contributed by atoms with Crippen LogP contribution in [0, 0.1) is 10.1 Å². The standard InChI is InChI=1S/C10H13NO4P/c1-2-15-16(14)8-7-9-3-5-10(6-4-9)11(12)13/h3-6H,2,7-8H2,1H3/q+1. The maximum Gasteiger partial charge on any atom is 0.508 e. The second kappa shape index (κ2) is 6.30. The predicted molar refractivity (Wildman–Crippen MR) is 60.9 cm³/mol. The Bertz CT molecular complexity index is 377. The number of rotatable bonds is 6. The summed E-state index contributed by atoms with van der Waals surface area (Å²) in [5.74, 6) is 0. The fourth-order valence-electron chi connectivity index (χ4n) is 1.21. The van der Waals surface area contributed by atoms with E-state index in [2.05, 4.69) is 0 Å². The van der Waals surface area contributed by atoms with Crippen molar-refractivity contribution in [1.82, 2.24) is 0 Å². The van der Waals surface area contributed by atoms with Crippen molar-refractivity contribution in [2.45, 2.75) is 13.3 Å². The Hall–Kier alpha value is -1.32. The van der Waals surface area contributed by atoms with Gasteiger partial charge in [0.15, 0.2) is 6.16 Å². The van der Waals surface area contributed by atoms with Crippen LogP contribution in [0.3, 0.4) is 0 Å². The van der Waals surface area contributed by atoms with Crippen LogP contribution in [0.2, 0.25) is 0 Å². The van der Waals surface area contributed by atoms with Crippen LogP contribution in [0.4, 0.5) is 5.69 Å². The molecular weight excluding hydrogens is 229 g/mol. The quantitative estimate of drug-likeness (QED) is 0.437. The number of benzene rings is 1. The van der Waals surface area contributed by atoms with E-state index in [1.165, 1.54) is 12.1 Å². The minimum absolute atomic E-state index is 0.0675. The second-order valence-corrected chi connectivity index (χ2v) is 4.52. The molecule has 1 aromatic rings. The van der Waals surface area contributed by atoms with Gasteiger partial charge in [-0.25, -0.2) is 0 Å². The average molecular weight is 242 g/mol. The Morgan fingerprint density at radius 2 is 2.00 bits per heavy atom. The van der Waals surface area contributed by atoms with Crippen molar-refractivity contribution in [2.75, 3.05) is 12.8 Å². The van der Waals surface area contributed by atoms with Crippen LogP contribution in [0.1, 0.15) is 12.5 Å². The van der Waals surface area contributed by atoms with E-state index >= 15 is 0 Å². The van der Waals surface area contributed by atoms with Crippen LogP contribution in [0.5, 0.6) is 0 Å². The molecule has 6 heteroatoms. The summed E-state index contributed by atoms with van der Waals surface area (Å²) in [6.45, 7) is 2.23. The van der Waals surface area contributed by atoms with Crippen LogP contribution in [-0.4, -0.2) is 17.7 Å². The third-order valence-electron chi connectivity index (χ3n) is 2.00. The molecule has 0 aliphatic heterocycles. The Morgan fingerprint density at radius 3 is 2.50 bits per heavy atom. The fraction of sp³-hybridized carbons (Fsp3) is 0.400. The first kappa shape index (κ1) is 12.7. The van der Waals surface area contributed by atoms with Crippen LogP contribution in [0.15, 0.2) is 24.3 Å². The molecule has 0 aromatic heterocycles. The number of hydrogen-bond donors (Lipinski definition) is 0. The lowest BCUT2D eigenvalue weighted by Crippen LogP contribution is -1.92. The maximum atomic E-state index is 11.2. The monoisotopic (exact) mass is 242 g/mol. The van der Waals surface area contributed by atoms with E-state index in [4.69, 9.17) is 4.52 Å². The highest BCUT2D eigenvalue weighted by atomic mass is 31.1. The lowest BCUT2D eigenvalue weighted by Gasteiger charge is -1.95. The van der Waals surface area contributed by atoms with Crippen molar-refractivity contribution < 1.29 is 14.0 Å². The first-order valence-electron chi connectivity index (χ1n) is 4.94. The minimum atomic E-state index is -1.61. The van der Waals surface area contributed by atoms with E-state index in [-0.39, 0.29) is 5.69 Å². The van der Waals surface area contributed by atoms with Gasteiger partial charge in [0.2, 0.25) is 0 Å². The molecule has 1 rings (SSSR count). The molecule has 0 N–H and O–H groups in total. The highest BCUT2D eigenvalue weighted by Gasteiger charge is 2.15. The first-order chi connectivity index (χ1) is 7.63. The zero-order chi connectivity index (χ0) is 12.0. The largest absolute Gasteiger partial charge is 0.508 e. The second-order valence-electron chi connectivity index (χ2n) is 3.15. The maximum absolute atomic E-state index is 11.2. The Balaban J connectivity index is 2.49. The third kappa shape index (κ3) is 4.04. The summed E-state index contributed by atoms with van der Waals surface area (Å²) in [5, 5.41) is 10.4. The van der Waals surface area contributed by atoms with Gasteiger partial charge >= 0.3 is 8.03 Å². The Morgan fingerprint density at radius 1 is 1.38 bits per heavy atom. The number of non-ortho nitro benzene ring substituents is 1. The van der Waals surface area contributed by atoms with Crippen LogP contribution >= 0.6 is 8.03 Å². The van der Waals surface area contributed by atoms with Crippen molar-refractivity contribution >= 4 is 13.7 Å². The topological polar surface area (TPSA) is 69.4 Å². The molecule has 0 heterocycles. The third-order valence-corrected chi connectivity index (χ3v) is 3.14. The molecule has 16 heavy (non-hydrogen) atoms. The SMILES string of the molecule is CCO[P+](=O)CCc1ccc([N+](=O)[O-])cc1. The van der Waals surface area contributed by atoms with Gasteiger partial charge in [-0.2, -0.15) is 0 Å². The Labute approximate surface area is 94.4 Å². The lowest BCUT2D eigenvalue weighted by atomic mass is 10.1. The molecule has 0 saturated carbocycles. The highest BCUT2D eigenvalue weighted by molar-refractivity contribution is 7.39. The number of nitrogens with zero attached hydrogens (tertiary/aromatic N) is 1. The van der Waals surface area contributed by atoms with Gasteiger partial charge in [0.05, 0.1) is 11.5 Å². The summed E-state index contributed by atoms with van der Waals surface area (Å²) in [6, 6.07) is 6.24. The fourth-order valence-corrected chi connectivity index (χ4v) is 2.07. The molecule has 0 spiro atoms. The number of nitro benzene ring substituents is 1. The summed E-state index contributed by atoms with van der Waals surface area (Å²) in [6.07, 6.45) is 1.05. The van der Waals surface area contributed by atoms with E-state index < -0.39 is 13.0 Å². The van der Waals surface area contributed by atoms with Gasteiger partial charge in [-0.05, 0) is 17.1 Å². The normalized spacial score (nSPS) is 11.2. The molecular formula is C10H13NO4P+. The van der Waals surface area contributed by atoms with Gasteiger partial charge in [-0.15, -0.1) is 4.52 Å². The molecule has 0 bridgehead atoms. The van der Waals surface area contributed by atoms with Crippen molar-refractivity contribution in [3.8, 4) is 0 Å². The van der Waals surface area contributed by atoms with Gasteiger partial charge in [-0.3, -0.25) is 10.1 Å². The summed E-state index contributed by atoms with van der Waals surface area (Å²) in [7, 11) is -1.61.